The van der Waals surface area contributed by atoms with Gasteiger partial charge in [0.25, 0.3) is 0 Å². The zero-order valence-electron chi connectivity index (χ0n) is 20.7. The number of rotatable bonds is 8. The molecular formula is C25H28Br2N6O4. The topological polar surface area (TPSA) is 117 Å². The number of nitrogens with one attached hydrogen (secondary N) is 1. The molecule has 0 atom stereocenters. The van der Waals surface area contributed by atoms with Gasteiger partial charge in [0.1, 0.15) is 17.0 Å². The zero-order chi connectivity index (χ0) is 26.7. The minimum atomic E-state index is -0.605. The Morgan fingerprint density at radius 3 is 1.86 bits per heavy atom. The van der Waals surface area contributed by atoms with Gasteiger partial charge in [0.2, 0.25) is 0 Å². The van der Waals surface area contributed by atoms with E-state index in [1.807, 2.05) is 48.5 Å². The lowest BCUT2D eigenvalue weighted by Crippen LogP contribution is -2.28. The molecule has 4 rings (SSSR count). The van der Waals surface area contributed by atoms with Gasteiger partial charge in [-0.1, -0.05) is 60.9 Å². The van der Waals surface area contributed by atoms with Crippen LogP contribution in [-0.4, -0.2) is 42.1 Å². The number of ether oxygens (including phenoxy) is 3. The van der Waals surface area contributed by atoms with E-state index >= 15 is 0 Å². The van der Waals surface area contributed by atoms with Crippen molar-refractivity contribution in [3.8, 4) is 0 Å². The number of carbonyl (C=O) groups excluding carboxylic acids is 1. The molecule has 12 heteroatoms. The molecule has 37 heavy (non-hydrogen) atoms. The summed E-state index contributed by atoms with van der Waals surface area (Å²) in [5.41, 5.74) is 3.00. The number of hydrogen-bond donors (Lipinski definition) is 1. The standard InChI is InChI=1S/C15H18BrN3O3.C10H10BrN3O/c1-15(2,3)22-14(20)19-17-8-13(18-19)10-21-9-11-4-6-12(16)7-5-11;11-9-3-1-8(2-4-9)6-15-7-10-5-12-14-13-10/h4-8H,9-10H2,1-3H3;1-5H,6-7H2,(H,12,13,14). The van der Waals surface area contributed by atoms with Crippen LogP contribution in [0.25, 0.3) is 0 Å². The lowest BCUT2D eigenvalue weighted by Gasteiger charge is -2.18. The highest BCUT2D eigenvalue weighted by Crippen LogP contribution is 2.13. The van der Waals surface area contributed by atoms with Crippen LogP contribution in [0.3, 0.4) is 0 Å². The van der Waals surface area contributed by atoms with Gasteiger partial charge in [0.05, 0.1) is 38.8 Å². The number of aromatic amines is 1. The molecule has 0 saturated carbocycles. The number of benzene rings is 2. The molecule has 0 saturated heterocycles. The van der Waals surface area contributed by atoms with E-state index < -0.39 is 11.7 Å². The van der Waals surface area contributed by atoms with Gasteiger partial charge in [-0.25, -0.2) is 4.79 Å². The third kappa shape index (κ3) is 10.9. The number of halogens is 2. The molecule has 0 aliphatic heterocycles. The molecule has 0 fully saturated rings. The first-order chi connectivity index (χ1) is 17.7. The largest absolute Gasteiger partial charge is 0.452 e. The number of aromatic nitrogens is 6. The van der Waals surface area contributed by atoms with Crippen molar-refractivity contribution < 1.29 is 19.0 Å². The highest BCUT2D eigenvalue weighted by molar-refractivity contribution is 9.10. The summed E-state index contributed by atoms with van der Waals surface area (Å²) >= 11 is 6.76. The Hall–Kier alpha value is -2.93. The van der Waals surface area contributed by atoms with Crippen molar-refractivity contribution in [2.75, 3.05) is 0 Å². The molecule has 196 valence electrons. The lowest BCUT2D eigenvalue weighted by atomic mass is 10.2. The van der Waals surface area contributed by atoms with E-state index in [1.165, 1.54) is 6.20 Å². The second-order valence-electron chi connectivity index (χ2n) is 8.81. The van der Waals surface area contributed by atoms with Crippen molar-refractivity contribution in [2.45, 2.75) is 52.8 Å². The zero-order valence-corrected chi connectivity index (χ0v) is 23.9. The Morgan fingerprint density at radius 1 is 0.838 bits per heavy atom. The summed E-state index contributed by atoms with van der Waals surface area (Å²) < 4.78 is 18.3. The van der Waals surface area contributed by atoms with Gasteiger partial charge in [-0.2, -0.15) is 20.5 Å². The maximum atomic E-state index is 11.8. The molecule has 0 bridgehead atoms. The van der Waals surface area contributed by atoms with Crippen LogP contribution in [-0.2, 0) is 40.6 Å². The maximum absolute atomic E-state index is 11.8. The molecule has 0 radical (unpaired) electrons. The second kappa shape index (κ2) is 14.1. The second-order valence-corrected chi connectivity index (χ2v) is 10.6. The van der Waals surface area contributed by atoms with Crippen molar-refractivity contribution in [3.05, 3.63) is 92.4 Å². The summed E-state index contributed by atoms with van der Waals surface area (Å²) in [4.78, 5) is 12.7. The smallest absolute Gasteiger partial charge is 0.441 e. The number of nitrogens with zero attached hydrogens (tertiary/aromatic N) is 5. The Balaban J connectivity index is 0.000000220. The predicted molar refractivity (Wildman–Crippen MR) is 143 cm³/mol. The van der Waals surface area contributed by atoms with Crippen LogP contribution in [0.5, 0.6) is 0 Å². The van der Waals surface area contributed by atoms with Crippen LogP contribution in [0.15, 0.2) is 69.9 Å². The summed E-state index contributed by atoms with van der Waals surface area (Å²) in [7, 11) is 0. The molecule has 0 spiro atoms. The van der Waals surface area contributed by atoms with E-state index in [9.17, 15) is 4.79 Å². The molecule has 2 aromatic carbocycles. The first kappa shape index (κ1) is 28.6. The monoisotopic (exact) mass is 634 g/mol. The van der Waals surface area contributed by atoms with E-state index in [-0.39, 0.29) is 6.61 Å². The van der Waals surface area contributed by atoms with Gasteiger partial charge in [-0.3, -0.25) is 0 Å². The molecule has 4 aromatic rings. The summed E-state index contributed by atoms with van der Waals surface area (Å²) in [6, 6.07) is 15.9. The van der Waals surface area contributed by atoms with E-state index in [4.69, 9.17) is 14.2 Å². The van der Waals surface area contributed by atoms with Crippen molar-refractivity contribution in [2.24, 2.45) is 0 Å². The Bertz CT molecular complexity index is 1220. The van der Waals surface area contributed by atoms with Crippen molar-refractivity contribution in [1.82, 2.24) is 30.4 Å². The quantitative estimate of drug-likeness (QED) is 0.257. The van der Waals surface area contributed by atoms with Gasteiger partial charge in [-0.15, -0.1) is 5.10 Å². The maximum Gasteiger partial charge on any atom is 0.452 e. The molecule has 0 amide bonds. The third-order valence-electron chi connectivity index (χ3n) is 4.42. The van der Waals surface area contributed by atoms with Gasteiger partial charge in [0, 0.05) is 8.95 Å². The molecule has 0 unspecified atom stereocenters. The number of carbonyl (C=O) groups is 1. The summed E-state index contributed by atoms with van der Waals surface area (Å²) in [6.45, 7) is 7.17. The number of hydrogen-bond acceptors (Lipinski definition) is 8. The molecule has 2 heterocycles. The van der Waals surface area contributed by atoms with Crippen molar-refractivity contribution in [3.63, 3.8) is 0 Å². The minimum absolute atomic E-state index is 0.277. The first-order valence-electron chi connectivity index (χ1n) is 11.3. The molecular weight excluding hydrogens is 608 g/mol. The van der Waals surface area contributed by atoms with Gasteiger partial charge >= 0.3 is 6.09 Å². The Kier molecular flexibility index (Phi) is 10.9. The average molecular weight is 636 g/mol. The van der Waals surface area contributed by atoms with Gasteiger partial charge in [0.15, 0.2) is 0 Å². The Labute approximate surface area is 232 Å². The fraction of sp³-hybridized carbons (Fsp3) is 0.320. The number of H-pyrrole nitrogens is 1. The average Bonchev–Trinajstić information content (AvgIpc) is 3.54. The van der Waals surface area contributed by atoms with Crippen LogP contribution in [0.4, 0.5) is 4.79 Å². The normalized spacial score (nSPS) is 11.1. The SMILES string of the molecule is Brc1ccc(COCc2cn[nH]n2)cc1.CC(C)(C)OC(=O)n1ncc(COCc2ccc(Br)cc2)n1. The molecule has 2 aromatic heterocycles. The highest BCUT2D eigenvalue weighted by atomic mass is 79.9. The highest BCUT2D eigenvalue weighted by Gasteiger charge is 2.19. The van der Waals surface area contributed by atoms with Crippen LogP contribution < -0.4 is 0 Å². The first-order valence-corrected chi connectivity index (χ1v) is 12.9. The van der Waals surface area contributed by atoms with E-state index in [0.717, 1.165) is 30.6 Å². The molecule has 1 N–H and O–H groups in total. The summed E-state index contributed by atoms with van der Waals surface area (Å²) in [6.07, 6.45) is 2.54. The van der Waals surface area contributed by atoms with Crippen LogP contribution in [0.2, 0.25) is 0 Å². The lowest BCUT2D eigenvalue weighted by molar-refractivity contribution is 0.0484. The molecule has 10 nitrogen and oxygen atoms in total. The fourth-order valence-electron chi connectivity index (χ4n) is 2.75. The third-order valence-corrected chi connectivity index (χ3v) is 5.48. The van der Waals surface area contributed by atoms with Gasteiger partial charge < -0.3 is 14.2 Å². The van der Waals surface area contributed by atoms with Crippen molar-refractivity contribution in [1.29, 1.82) is 0 Å². The minimum Gasteiger partial charge on any atom is -0.441 e. The molecule has 0 aliphatic carbocycles. The van der Waals surface area contributed by atoms with Gasteiger partial charge in [-0.05, 0) is 56.2 Å². The van der Waals surface area contributed by atoms with E-state index in [0.29, 0.717) is 25.5 Å². The Morgan fingerprint density at radius 2 is 1.38 bits per heavy atom. The molecule has 0 aliphatic rings. The van der Waals surface area contributed by atoms with Crippen LogP contribution in [0.1, 0.15) is 43.3 Å². The van der Waals surface area contributed by atoms with E-state index in [2.05, 4.69) is 57.5 Å². The van der Waals surface area contributed by atoms with Crippen LogP contribution >= 0.6 is 31.9 Å². The summed E-state index contributed by atoms with van der Waals surface area (Å²) in [5.74, 6) is 0. The predicted octanol–water partition coefficient (Wildman–Crippen LogP) is 5.82. The van der Waals surface area contributed by atoms with Crippen molar-refractivity contribution >= 4 is 38.0 Å². The van der Waals surface area contributed by atoms with Crippen LogP contribution in [0, 0.1) is 0 Å². The fourth-order valence-corrected chi connectivity index (χ4v) is 3.28. The summed E-state index contributed by atoms with van der Waals surface area (Å²) in [5, 5.41) is 18.1. The van der Waals surface area contributed by atoms with E-state index in [1.54, 1.807) is 27.0 Å².